The molecule has 0 saturated carbocycles. The molecule has 1 saturated heterocycles. The molecule has 20 heavy (non-hydrogen) atoms. The summed E-state index contributed by atoms with van der Waals surface area (Å²) in [6, 6.07) is 0. The predicted octanol–water partition coefficient (Wildman–Crippen LogP) is 1.71. The van der Waals surface area contributed by atoms with Crippen LogP contribution in [0.25, 0.3) is 0 Å². The van der Waals surface area contributed by atoms with Crippen LogP contribution in [0.3, 0.4) is 0 Å². The second-order valence-corrected chi connectivity index (χ2v) is 7.95. The van der Waals surface area contributed by atoms with Gasteiger partial charge in [0.15, 0.2) is 5.03 Å². The van der Waals surface area contributed by atoms with E-state index >= 15 is 0 Å². The SMILES string of the molecule is CC1=CC[C@@H]2CN(S(=O)(=O)c3cn(C)c(C)n3)C[C@@H]2C1. The van der Waals surface area contributed by atoms with Crippen molar-refractivity contribution in [2.75, 3.05) is 13.1 Å². The minimum Gasteiger partial charge on any atom is -0.337 e. The number of aromatic nitrogens is 2. The second-order valence-electron chi connectivity index (χ2n) is 6.07. The van der Waals surface area contributed by atoms with Gasteiger partial charge in [-0.15, -0.1) is 0 Å². The van der Waals surface area contributed by atoms with Gasteiger partial charge >= 0.3 is 0 Å². The number of sulfonamides is 1. The first-order chi connectivity index (χ1) is 9.38. The quantitative estimate of drug-likeness (QED) is 0.780. The van der Waals surface area contributed by atoms with E-state index in [4.69, 9.17) is 0 Å². The van der Waals surface area contributed by atoms with E-state index in [1.807, 2.05) is 14.0 Å². The van der Waals surface area contributed by atoms with Crippen molar-refractivity contribution in [3.8, 4) is 0 Å². The van der Waals surface area contributed by atoms with Crippen LogP contribution in [-0.4, -0.2) is 35.4 Å². The first-order valence-corrected chi connectivity index (χ1v) is 8.47. The Morgan fingerprint density at radius 2 is 1.95 bits per heavy atom. The van der Waals surface area contributed by atoms with Gasteiger partial charge in [-0.3, -0.25) is 0 Å². The van der Waals surface area contributed by atoms with Crippen LogP contribution in [0.15, 0.2) is 22.9 Å². The van der Waals surface area contributed by atoms with Crippen LogP contribution in [0.4, 0.5) is 0 Å². The van der Waals surface area contributed by atoms with Gasteiger partial charge in [0, 0.05) is 26.3 Å². The van der Waals surface area contributed by atoms with Crippen LogP contribution in [0, 0.1) is 18.8 Å². The standard InChI is InChI=1S/C14H21N3O2S/c1-10-4-5-12-7-17(8-13(12)6-10)20(18,19)14-9-16(3)11(2)15-14/h4,9,12-13H,5-8H2,1-3H3/t12-,13+/m1/s1. The molecule has 1 aromatic heterocycles. The van der Waals surface area contributed by atoms with E-state index in [0.29, 0.717) is 24.9 Å². The number of imidazole rings is 1. The summed E-state index contributed by atoms with van der Waals surface area (Å²) in [5.41, 5.74) is 1.39. The summed E-state index contributed by atoms with van der Waals surface area (Å²) in [5, 5.41) is 0.181. The molecule has 2 heterocycles. The Morgan fingerprint density at radius 3 is 2.60 bits per heavy atom. The lowest BCUT2D eigenvalue weighted by atomic mass is 9.83. The first-order valence-electron chi connectivity index (χ1n) is 7.03. The molecule has 110 valence electrons. The zero-order valence-electron chi connectivity index (χ0n) is 12.2. The van der Waals surface area contributed by atoms with E-state index in [-0.39, 0.29) is 5.03 Å². The number of allylic oxidation sites excluding steroid dienone is 2. The summed E-state index contributed by atoms with van der Waals surface area (Å²) in [6.07, 6.45) is 5.89. The summed E-state index contributed by atoms with van der Waals surface area (Å²) in [7, 11) is -1.62. The molecule has 6 heteroatoms. The van der Waals surface area contributed by atoms with Gasteiger partial charge in [-0.2, -0.15) is 4.31 Å². The van der Waals surface area contributed by atoms with Crippen LogP contribution < -0.4 is 0 Å². The minimum absolute atomic E-state index is 0.181. The zero-order valence-corrected chi connectivity index (χ0v) is 13.0. The lowest BCUT2D eigenvalue weighted by Gasteiger charge is -2.22. The molecule has 1 aromatic rings. The summed E-state index contributed by atoms with van der Waals surface area (Å²) < 4.78 is 28.7. The molecule has 0 amide bonds. The molecule has 3 rings (SSSR count). The summed E-state index contributed by atoms with van der Waals surface area (Å²) in [6.45, 7) is 5.21. The van der Waals surface area contributed by atoms with E-state index in [2.05, 4.69) is 18.0 Å². The van der Waals surface area contributed by atoms with Crippen molar-refractivity contribution in [3.63, 3.8) is 0 Å². The van der Waals surface area contributed by atoms with Crippen molar-refractivity contribution < 1.29 is 8.42 Å². The van der Waals surface area contributed by atoms with Crippen LogP contribution >= 0.6 is 0 Å². The number of rotatable bonds is 2. The van der Waals surface area contributed by atoms with Crippen molar-refractivity contribution >= 4 is 10.0 Å². The maximum Gasteiger partial charge on any atom is 0.262 e. The number of hydrogen-bond donors (Lipinski definition) is 0. The molecule has 0 N–H and O–H groups in total. The lowest BCUT2D eigenvalue weighted by molar-refractivity contribution is 0.400. The third-order valence-electron chi connectivity index (χ3n) is 4.59. The van der Waals surface area contributed by atoms with Gasteiger partial charge in [-0.25, -0.2) is 13.4 Å². The third kappa shape index (κ3) is 2.20. The summed E-state index contributed by atoms with van der Waals surface area (Å²) in [4.78, 5) is 4.18. The monoisotopic (exact) mass is 295 g/mol. The smallest absolute Gasteiger partial charge is 0.262 e. The number of hydrogen-bond acceptors (Lipinski definition) is 3. The Morgan fingerprint density at radius 1 is 1.25 bits per heavy atom. The molecular formula is C14H21N3O2S. The highest BCUT2D eigenvalue weighted by atomic mass is 32.2. The van der Waals surface area contributed by atoms with E-state index in [1.54, 1.807) is 15.1 Å². The normalized spacial score (nSPS) is 27.4. The van der Waals surface area contributed by atoms with Gasteiger partial charge < -0.3 is 4.57 Å². The number of nitrogens with zero attached hydrogens (tertiary/aromatic N) is 3. The first kappa shape index (κ1) is 13.8. The molecule has 0 aromatic carbocycles. The fourth-order valence-electron chi connectivity index (χ4n) is 3.22. The highest BCUT2D eigenvalue weighted by Gasteiger charge is 2.40. The van der Waals surface area contributed by atoms with Crippen molar-refractivity contribution in [2.45, 2.75) is 31.7 Å². The third-order valence-corrected chi connectivity index (χ3v) is 6.29. The van der Waals surface area contributed by atoms with Gasteiger partial charge in [0.2, 0.25) is 0 Å². The van der Waals surface area contributed by atoms with Crippen LogP contribution in [-0.2, 0) is 17.1 Å². The molecular weight excluding hydrogens is 274 g/mol. The largest absolute Gasteiger partial charge is 0.337 e. The molecule has 2 aliphatic rings. The van der Waals surface area contributed by atoms with Gasteiger partial charge in [-0.1, -0.05) is 11.6 Å². The summed E-state index contributed by atoms with van der Waals surface area (Å²) in [5.74, 6) is 1.66. The fraction of sp³-hybridized carbons (Fsp3) is 0.643. The van der Waals surface area contributed by atoms with E-state index < -0.39 is 10.0 Å². The molecule has 0 unspecified atom stereocenters. The summed E-state index contributed by atoms with van der Waals surface area (Å²) >= 11 is 0. The minimum atomic E-state index is -3.44. The Balaban J connectivity index is 1.84. The molecule has 2 atom stereocenters. The Bertz CT molecular complexity index is 640. The van der Waals surface area contributed by atoms with E-state index in [9.17, 15) is 8.42 Å². The van der Waals surface area contributed by atoms with Gasteiger partial charge in [0.1, 0.15) is 5.82 Å². The van der Waals surface area contributed by atoms with Crippen molar-refractivity contribution in [2.24, 2.45) is 18.9 Å². The van der Waals surface area contributed by atoms with Crippen LogP contribution in [0.1, 0.15) is 25.6 Å². The highest BCUT2D eigenvalue weighted by molar-refractivity contribution is 7.89. The molecule has 0 radical (unpaired) electrons. The van der Waals surface area contributed by atoms with E-state index in [1.165, 1.54) is 5.57 Å². The Kier molecular flexibility index (Phi) is 3.25. The average Bonchev–Trinajstić information content (AvgIpc) is 2.94. The number of fused-ring (bicyclic) bond motifs is 1. The molecule has 0 spiro atoms. The van der Waals surface area contributed by atoms with Crippen molar-refractivity contribution in [1.29, 1.82) is 0 Å². The topological polar surface area (TPSA) is 55.2 Å². The lowest BCUT2D eigenvalue weighted by Crippen LogP contribution is -2.29. The van der Waals surface area contributed by atoms with Crippen LogP contribution in [0.5, 0.6) is 0 Å². The number of aryl methyl sites for hydroxylation is 2. The second kappa shape index (κ2) is 4.70. The fourth-order valence-corrected chi connectivity index (χ4v) is 4.80. The molecule has 1 fully saturated rings. The van der Waals surface area contributed by atoms with Gasteiger partial charge in [-0.05, 0) is 38.5 Å². The molecule has 1 aliphatic carbocycles. The van der Waals surface area contributed by atoms with Crippen molar-refractivity contribution in [3.05, 3.63) is 23.7 Å². The predicted molar refractivity (Wildman–Crippen MR) is 76.7 cm³/mol. The molecule has 1 aliphatic heterocycles. The van der Waals surface area contributed by atoms with Crippen molar-refractivity contribution in [1.82, 2.24) is 13.9 Å². The average molecular weight is 295 g/mol. The zero-order chi connectivity index (χ0) is 14.5. The highest BCUT2D eigenvalue weighted by Crippen LogP contribution is 2.37. The Labute approximate surface area is 120 Å². The Hall–Kier alpha value is -1.14. The molecule has 0 bridgehead atoms. The maximum absolute atomic E-state index is 12.7. The maximum atomic E-state index is 12.7. The van der Waals surface area contributed by atoms with Gasteiger partial charge in [0.05, 0.1) is 0 Å². The van der Waals surface area contributed by atoms with E-state index in [0.717, 1.165) is 18.7 Å². The van der Waals surface area contributed by atoms with Crippen LogP contribution in [0.2, 0.25) is 0 Å². The van der Waals surface area contributed by atoms with Gasteiger partial charge in [0.25, 0.3) is 10.0 Å². The molecule has 5 nitrogen and oxygen atoms in total.